The molecule has 0 aliphatic carbocycles. The molecule has 0 heterocycles. The summed E-state index contributed by atoms with van der Waals surface area (Å²) in [5, 5.41) is 8.87. The second-order valence-corrected chi connectivity index (χ2v) is 5.67. The first-order valence-electron chi connectivity index (χ1n) is 8.12. The minimum atomic E-state index is -0.387. The van der Waals surface area contributed by atoms with Gasteiger partial charge in [0.1, 0.15) is 11.3 Å². The van der Waals surface area contributed by atoms with Crippen LogP contribution in [0, 0.1) is 0 Å². The van der Waals surface area contributed by atoms with Gasteiger partial charge >= 0.3 is 5.97 Å². The van der Waals surface area contributed by atoms with E-state index in [4.69, 9.17) is 14.6 Å². The van der Waals surface area contributed by atoms with Crippen LogP contribution in [-0.2, 0) is 24.0 Å². The fourth-order valence-corrected chi connectivity index (χ4v) is 2.62. The lowest BCUT2D eigenvalue weighted by molar-refractivity contribution is 0.0597. The number of esters is 1. The number of methoxy groups -OCH3 is 2. The molecule has 4 heteroatoms. The lowest BCUT2D eigenvalue weighted by Gasteiger charge is -2.09. The topological polar surface area (TPSA) is 55.8 Å². The van der Waals surface area contributed by atoms with Gasteiger partial charge < -0.3 is 14.6 Å². The SMILES string of the molecule is COC(=O)c1cc(CCc2ccc(CCCO)cc2)ccc1OC. The zero-order valence-corrected chi connectivity index (χ0v) is 14.2. The smallest absolute Gasteiger partial charge is 0.341 e. The third-order valence-electron chi connectivity index (χ3n) is 4.02. The van der Waals surface area contributed by atoms with Gasteiger partial charge in [0.05, 0.1) is 14.2 Å². The molecule has 0 saturated heterocycles. The molecule has 0 fully saturated rings. The summed E-state index contributed by atoms with van der Waals surface area (Å²) >= 11 is 0. The number of hydrogen-bond donors (Lipinski definition) is 1. The number of rotatable bonds is 8. The Hall–Kier alpha value is -2.33. The van der Waals surface area contributed by atoms with Crippen LogP contribution >= 0.6 is 0 Å². The van der Waals surface area contributed by atoms with Crippen LogP contribution in [0.3, 0.4) is 0 Å². The van der Waals surface area contributed by atoms with E-state index in [2.05, 4.69) is 24.3 Å². The number of ether oxygens (including phenoxy) is 2. The Kier molecular flexibility index (Phi) is 6.82. The van der Waals surface area contributed by atoms with Crippen molar-refractivity contribution in [1.82, 2.24) is 0 Å². The van der Waals surface area contributed by atoms with Crippen molar-refractivity contribution in [3.05, 3.63) is 64.7 Å². The van der Waals surface area contributed by atoms with Crippen LogP contribution in [0.15, 0.2) is 42.5 Å². The molecule has 0 bridgehead atoms. The van der Waals surface area contributed by atoms with Crippen LogP contribution in [0.2, 0.25) is 0 Å². The molecule has 0 spiro atoms. The summed E-state index contributed by atoms with van der Waals surface area (Å²) in [6, 6.07) is 14.1. The molecule has 0 aliphatic heterocycles. The summed E-state index contributed by atoms with van der Waals surface area (Å²) in [7, 11) is 2.91. The molecule has 0 atom stereocenters. The van der Waals surface area contributed by atoms with Gasteiger partial charge in [-0.3, -0.25) is 0 Å². The Morgan fingerprint density at radius 3 is 2.08 bits per heavy atom. The minimum absolute atomic E-state index is 0.224. The Balaban J connectivity index is 2.02. The molecule has 2 rings (SSSR count). The second-order valence-electron chi connectivity index (χ2n) is 5.67. The molecule has 2 aromatic carbocycles. The zero-order chi connectivity index (χ0) is 17.4. The second kappa shape index (κ2) is 9.08. The van der Waals surface area contributed by atoms with Gasteiger partial charge in [-0.2, -0.15) is 0 Å². The fraction of sp³-hybridized carbons (Fsp3) is 0.350. The highest BCUT2D eigenvalue weighted by Gasteiger charge is 2.13. The van der Waals surface area contributed by atoms with Gasteiger partial charge in [-0.25, -0.2) is 4.79 Å². The molecule has 128 valence electrons. The van der Waals surface area contributed by atoms with E-state index in [0.717, 1.165) is 31.2 Å². The van der Waals surface area contributed by atoms with E-state index in [0.29, 0.717) is 11.3 Å². The molecule has 1 N–H and O–H groups in total. The Morgan fingerprint density at radius 1 is 0.917 bits per heavy atom. The predicted octanol–water partition coefficient (Wildman–Crippen LogP) is 3.19. The summed E-state index contributed by atoms with van der Waals surface area (Å²) in [6.07, 6.45) is 3.43. The highest BCUT2D eigenvalue weighted by Crippen LogP contribution is 2.22. The first-order chi connectivity index (χ1) is 11.7. The summed E-state index contributed by atoms with van der Waals surface area (Å²) in [5.74, 6) is 0.140. The summed E-state index contributed by atoms with van der Waals surface area (Å²) in [6.45, 7) is 0.224. The van der Waals surface area contributed by atoms with Crippen molar-refractivity contribution in [1.29, 1.82) is 0 Å². The van der Waals surface area contributed by atoms with E-state index in [9.17, 15) is 4.79 Å². The van der Waals surface area contributed by atoms with Gasteiger partial charge in [-0.15, -0.1) is 0 Å². The van der Waals surface area contributed by atoms with E-state index in [1.807, 2.05) is 12.1 Å². The van der Waals surface area contributed by atoms with E-state index in [-0.39, 0.29) is 12.6 Å². The first kappa shape index (κ1) is 18.0. The normalized spacial score (nSPS) is 10.5. The van der Waals surface area contributed by atoms with Crippen LogP contribution in [-0.4, -0.2) is 31.9 Å². The van der Waals surface area contributed by atoms with Crippen molar-refractivity contribution >= 4 is 5.97 Å². The minimum Gasteiger partial charge on any atom is -0.496 e. The fourth-order valence-electron chi connectivity index (χ4n) is 2.62. The van der Waals surface area contributed by atoms with Gasteiger partial charge in [-0.05, 0) is 54.5 Å². The van der Waals surface area contributed by atoms with Crippen molar-refractivity contribution in [3.63, 3.8) is 0 Å². The standard InChI is InChI=1S/C20H24O4/c1-23-19-12-11-17(14-18(19)20(22)24-2)10-9-16-7-5-15(6-8-16)4-3-13-21/h5-8,11-12,14,21H,3-4,9-10,13H2,1-2H3. The zero-order valence-electron chi connectivity index (χ0n) is 14.2. The van der Waals surface area contributed by atoms with Crippen LogP contribution < -0.4 is 4.74 Å². The average molecular weight is 328 g/mol. The highest BCUT2D eigenvalue weighted by molar-refractivity contribution is 5.92. The number of aliphatic hydroxyl groups excluding tert-OH is 1. The first-order valence-corrected chi connectivity index (χ1v) is 8.12. The van der Waals surface area contributed by atoms with E-state index < -0.39 is 0 Å². The highest BCUT2D eigenvalue weighted by atomic mass is 16.5. The van der Waals surface area contributed by atoms with Crippen molar-refractivity contribution in [2.75, 3.05) is 20.8 Å². The predicted molar refractivity (Wildman–Crippen MR) is 93.6 cm³/mol. The molecular weight excluding hydrogens is 304 g/mol. The molecular formula is C20H24O4. The lowest BCUT2D eigenvalue weighted by atomic mass is 10.0. The summed E-state index contributed by atoms with van der Waals surface area (Å²) in [5.41, 5.74) is 4.01. The summed E-state index contributed by atoms with van der Waals surface area (Å²) < 4.78 is 10.0. The maximum absolute atomic E-state index is 11.8. The number of aliphatic hydroxyl groups is 1. The summed E-state index contributed by atoms with van der Waals surface area (Å²) in [4.78, 5) is 11.8. The van der Waals surface area contributed by atoms with Crippen LogP contribution in [0.4, 0.5) is 0 Å². The number of benzene rings is 2. The van der Waals surface area contributed by atoms with Gasteiger partial charge in [0.25, 0.3) is 0 Å². The lowest BCUT2D eigenvalue weighted by Crippen LogP contribution is -2.05. The van der Waals surface area contributed by atoms with Crippen molar-refractivity contribution in [2.45, 2.75) is 25.7 Å². The maximum atomic E-state index is 11.8. The van der Waals surface area contributed by atoms with Gasteiger partial charge in [0.2, 0.25) is 0 Å². The Morgan fingerprint density at radius 2 is 1.50 bits per heavy atom. The van der Waals surface area contributed by atoms with Gasteiger partial charge in [0, 0.05) is 6.61 Å². The third-order valence-corrected chi connectivity index (χ3v) is 4.02. The monoisotopic (exact) mass is 328 g/mol. The molecule has 0 unspecified atom stereocenters. The Labute approximate surface area is 143 Å². The third kappa shape index (κ3) is 4.83. The van der Waals surface area contributed by atoms with E-state index in [1.165, 1.54) is 18.2 Å². The Bertz CT molecular complexity index is 662. The van der Waals surface area contributed by atoms with Gasteiger partial charge in [-0.1, -0.05) is 30.3 Å². The van der Waals surface area contributed by atoms with E-state index >= 15 is 0 Å². The largest absolute Gasteiger partial charge is 0.496 e. The quantitative estimate of drug-likeness (QED) is 0.756. The molecule has 24 heavy (non-hydrogen) atoms. The maximum Gasteiger partial charge on any atom is 0.341 e. The molecule has 0 aromatic heterocycles. The van der Waals surface area contributed by atoms with Crippen LogP contribution in [0.5, 0.6) is 5.75 Å². The number of hydrogen-bond acceptors (Lipinski definition) is 4. The van der Waals surface area contributed by atoms with E-state index in [1.54, 1.807) is 13.2 Å². The van der Waals surface area contributed by atoms with Crippen molar-refractivity contribution in [2.24, 2.45) is 0 Å². The van der Waals surface area contributed by atoms with Crippen molar-refractivity contribution in [3.8, 4) is 5.75 Å². The van der Waals surface area contributed by atoms with Crippen LogP contribution in [0.25, 0.3) is 0 Å². The molecule has 0 radical (unpaired) electrons. The molecule has 0 amide bonds. The molecule has 0 saturated carbocycles. The number of aryl methyl sites for hydroxylation is 3. The number of carbonyl (C=O) groups excluding carboxylic acids is 1. The molecule has 4 nitrogen and oxygen atoms in total. The molecule has 0 aliphatic rings. The average Bonchev–Trinajstić information content (AvgIpc) is 2.64. The van der Waals surface area contributed by atoms with Crippen molar-refractivity contribution < 1.29 is 19.4 Å². The number of carbonyl (C=O) groups is 1. The van der Waals surface area contributed by atoms with Gasteiger partial charge in [0.15, 0.2) is 0 Å². The van der Waals surface area contributed by atoms with Crippen LogP contribution in [0.1, 0.15) is 33.5 Å². The molecule has 2 aromatic rings.